The summed E-state index contributed by atoms with van der Waals surface area (Å²) in [6, 6.07) is 23.3. The third-order valence-corrected chi connectivity index (χ3v) is 6.51. The van der Waals surface area contributed by atoms with E-state index >= 15 is 0 Å². The van der Waals surface area contributed by atoms with Crippen molar-refractivity contribution in [3.63, 3.8) is 0 Å². The van der Waals surface area contributed by atoms with E-state index in [2.05, 4.69) is 10.3 Å². The second-order valence-electron chi connectivity index (χ2n) is 9.03. The lowest BCUT2D eigenvalue weighted by Crippen LogP contribution is -2.53. The van der Waals surface area contributed by atoms with E-state index in [1.54, 1.807) is 12.1 Å². The van der Waals surface area contributed by atoms with E-state index in [-0.39, 0.29) is 5.82 Å². The lowest BCUT2D eigenvalue weighted by atomic mass is 9.87. The first-order valence-electron chi connectivity index (χ1n) is 12.3. The molecule has 0 aliphatic rings. The lowest BCUT2D eigenvalue weighted by Gasteiger charge is -2.30. The molecule has 1 unspecified atom stereocenters. The van der Waals surface area contributed by atoms with Crippen molar-refractivity contribution in [1.82, 2.24) is 10.3 Å². The Labute approximate surface area is 216 Å². The van der Waals surface area contributed by atoms with Crippen LogP contribution in [0.15, 0.2) is 83.3 Å². The van der Waals surface area contributed by atoms with Gasteiger partial charge in [0.05, 0.1) is 12.3 Å². The predicted octanol–water partition coefficient (Wildman–Crippen LogP) is 5.98. The molecule has 7 heteroatoms. The van der Waals surface area contributed by atoms with Gasteiger partial charge in [0, 0.05) is 24.9 Å². The number of carboxylic acids is 1. The van der Waals surface area contributed by atoms with Gasteiger partial charge in [-0.25, -0.2) is 9.37 Å². The third-order valence-electron chi connectivity index (χ3n) is 6.51. The van der Waals surface area contributed by atoms with Crippen molar-refractivity contribution in [2.45, 2.75) is 45.2 Å². The number of carboxylic acid groups (broad SMARTS) is 1. The Balaban J connectivity index is 1.34. The highest BCUT2D eigenvalue weighted by Crippen LogP contribution is 2.23. The van der Waals surface area contributed by atoms with Crippen molar-refractivity contribution in [1.29, 1.82) is 0 Å². The zero-order valence-corrected chi connectivity index (χ0v) is 21.0. The summed E-state index contributed by atoms with van der Waals surface area (Å²) in [5, 5.41) is 13.2. The molecule has 1 atom stereocenters. The number of rotatable bonds is 12. The lowest BCUT2D eigenvalue weighted by molar-refractivity contribution is -0.145. The number of benzene rings is 3. The van der Waals surface area contributed by atoms with Gasteiger partial charge in [-0.05, 0) is 60.9 Å². The summed E-state index contributed by atoms with van der Waals surface area (Å²) < 4.78 is 24.9. The van der Waals surface area contributed by atoms with Gasteiger partial charge in [-0.2, -0.15) is 0 Å². The van der Waals surface area contributed by atoms with Crippen molar-refractivity contribution >= 4 is 5.97 Å². The van der Waals surface area contributed by atoms with Gasteiger partial charge in [0.15, 0.2) is 0 Å². The second kappa shape index (κ2) is 11.8. The van der Waals surface area contributed by atoms with E-state index in [1.165, 1.54) is 12.1 Å². The molecule has 0 saturated carbocycles. The minimum atomic E-state index is -1.14. The summed E-state index contributed by atoms with van der Waals surface area (Å²) in [5.41, 5.74) is 2.35. The average molecular weight is 503 g/mol. The third kappa shape index (κ3) is 6.62. The molecule has 0 radical (unpaired) electrons. The predicted molar refractivity (Wildman–Crippen MR) is 140 cm³/mol. The summed E-state index contributed by atoms with van der Waals surface area (Å²) in [4.78, 5) is 16.8. The highest BCUT2D eigenvalue weighted by atomic mass is 19.1. The van der Waals surface area contributed by atoms with Crippen molar-refractivity contribution in [2.75, 3.05) is 6.61 Å². The van der Waals surface area contributed by atoms with Gasteiger partial charge in [-0.15, -0.1) is 0 Å². The van der Waals surface area contributed by atoms with Gasteiger partial charge in [0.25, 0.3) is 0 Å². The zero-order valence-electron chi connectivity index (χ0n) is 21.0. The number of nitrogens with zero attached hydrogens (tertiary/aromatic N) is 1. The van der Waals surface area contributed by atoms with Crippen LogP contribution in [0.1, 0.15) is 35.9 Å². The van der Waals surface area contributed by atoms with Gasteiger partial charge in [0.2, 0.25) is 5.89 Å². The van der Waals surface area contributed by atoms with E-state index in [1.807, 2.05) is 68.4 Å². The number of hydrogen-bond donors (Lipinski definition) is 2. The SMILES string of the molecule is CCC(Cc1ccc(OCCc2nc(-c3ccccc3)oc2C)cc1)(NCc1ccc(F)cc1)C(=O)O. The van der Waals surface area contributed by atoms with E-state index in [9.17, 15) is 14.3 Å². The molecular weight excluding hydrogens is 471 g/mol. The summed E-state index contributed by atoms with van der Waals surface area (Å²) >= 11 is 0. The van der Waals surface area contributed by atoms with E-state index < -0.39 is 11.5 Å². The Bertz CT molecular complexity index is 1300. The van der Waals surface area contributed by atoms with Crippen LogP contribution in [0.4, 0.5) is 4.39 Å². The largest absolute Gasteiger partial charge is 0.493 e. The highest BCUT2D eigenvalue weighted by molar-refractivity contribution is 5.79. The second-order valence-corrected chi connectivity index (χ2v) is 9.03. The monoisotopic (exact) mass is 502 g/mol. The van der Waals surface area contributed by atoms with Crippen LogP contribution < -0.4 is 10.1 Å². The van der Waals surface area contributed by atoms with E-state index in [4.69, 9.17) is 9.15 Å². The van der Waals surface area contributed by atoms with Crippen LogP contribution in [-0.2, 0) is 24.2 Å². The number of oxazole rings is 1. The first-order valence-corrected chi connectivity index (χ1v) is 12.3. The van der Waals surface area contributed by atoms with Crippen molar-refractivity contribution in [3.05, 3.63) is 107 Å². The molecule has 1 aromatic heterocycles. The Morgan fingerprint density at radius 2 is 1.70 bits per heavy atom. The number of aliphatic carboxylic acids is 1. The van der Waals surface area contributed by atoms with Crippen LogP contribution in [0.25, 0.3) is 11.5 Å². The molecule has 4 aromatic rings. The molecule has 0 saturated heterocycles. The molecule has 1 heterocycles. The van der Waals surface area contributed by atoms with Crippen molar-refractivity contribution in [2.24, 2.45) is 0 Å². The first kappa shape index (κ1) is 26.1. The minimum Gasteiger partial charge on any atom is -0.493 e. The fourth-order valence-electron chi connectivity index (χ4n) is 4.17. The standard InChI is InChI=1S/C30H31FN2O4/c1-3-30(29(34)35,32-20-23-9-13-25(31)14-10-23)19-22-11-15-26(16-12-22)36-18-17-27-21(2)37-28(33-27)24-7-5-4-6-8-24/h4-16,32H,3,17-20H2,1-2H3,(H,34,35). The summed E-state index contributed by atoms with van der Waals surface area (Å²) in [5.74, 6) is 0.832. The van der Waals surface area contributed by atoms with Crippen molar-refractivity contribution in [3.8, 4) is 17.2 Å². The molecule has 6 nitrogen and oxygen atoms in total. The maximum Gasteiger partial charge on any atom is 0.324 e. The number of hydrogen-bond acceptors (Lipinski definition) is 5. The van der Waals surface area contributed by atoms with Crippen LogP contribution in [0.2, 0.25) is 0 Å². The molecule has 4 rings (SSSR count). The van der Waals surface area contributed by atoms with Gasteiger partial charge >= 0.3 is 5.97 Å². The van der Waals surface area contributed by atoms with E-state index in [0.717, 1.165) is 28.1 Å². The molecule has 37 heavy (non-hydrogen) atoms. The Morgan fingerprint density at radius 3 is 2.35 bits per heavy atom. The summed E-state index contributed by atoms with van der Waals surface area (Å²) in [6.45, 7) is 4.51. The number of aromatic nitrogens is 1. The van der Waals surface area contributed by atoms with Crippen LogP contribution >= 0.6 is 0 Å². The van der Waals surface area contributed by atoms with Crippen LogP contribution in [0.5, 0.6) is 5.75 Å². The Morgan fingerprint density at radius 1 is 1.03 bits per heavy atom. The number of ether oxygens (including phenoxy) is 1. The van der Waals surface area contributed by atoms with Crippen LogP contribution in [0.3, 0.4) is 0 Å². The smallest absolute Gasteiger partial charge is 0.324 e. The number of nitrogens with one attached hydrogen (secondary N) is 1. The number of halogens is 1. The van der Waals surface area contributed by atoms with Crippen LogP contribution in [-0.4, -0.2) is 28.2 Å². The summed E-state index contributed by atoms with van der Waals surface area (Å²) in [6.07, 6.45) is 1.31. The van der Waals surface area contributed by atoms with Gasteiger partial charge in [-0.1, -0.05) is 49.4 Å². The fraction of sp³-hybridized carbons (Fsp3) is 0.267. The topological polar surface area (TPSA) is 84.6 Å². The molecular formula is C30H31FN2O4. The molecule has 0 spiro atoms. The molecule has 192 valence electrons. The van der Waals surface area contributed by atoms with E-state index in [0.29, 0.717) is 44.1 Å². The highest BCUT2D eigenvalue weighted by Gasteiger charge is 2.36. The normalized spacial score (nSPS) is 12.7. The molecule has 0 aliphatic heterocycles. The zero-order chi connectivity index (χ0) is 26.3. The van der Waals surface area contributed by atoms with Gasteiger partial charge < -0.3 is 14.3 Å². The maximum atomic E-state index is 13.2. The average Bonchev–Trinajstić information content (AvgIpc) is 3.29. The number of aryl methyl sites for hydroxylation is 1. The maximum absolute atomic E-state index is 13.2. The molecule has 3 aromatic carbocycles. The van der Waals surface area contributed by atoms with Crippen molar-refractivity contribution < 1.29 is 23.4 Å². The Hall–Kier alpha value is -3.97. The first-order chi connectivity index (χ1) is 17.9. The molecule has 0 amide bonds. The molecule has 2 N–H and O–H groups in total. The van der Waals surface area contributed by atoms with Crippen LogP contribution in [0, 0.1) is 12.7 Å². The summed E-state index contributed by atoms with van der Waals surface area (Å²) in [7, 11) is 0. The number of carbonyl (C=O) groups is 1. The quantitative estimate of drug-likeness (QED) is 0.248. The molecule has 0 aliphatic carbocycles. The molecule has 0 fully saturated rings. The van der Waals surface area contributed by atoms with Gasteiger partial charge in [-0.3, -0.25) is 10.1 Å². The molecule has 0 bridgehead atoms. The fourth-order valence-corrected chi connectivity index (χ4v) is 4.17. The van der Waals surface area contributed by atoms with Gasteiger partial charge in [0.1, 0.15) is 22.9 Å². The minimum absolute atomic E-state index is 0.306. The Kier molecular flexibility index (Phi) is 8.36.